The van der Waals surface area contributed by atoms with Gasteiger partial charge in [-0.2, -0.15) is 0 Å². The smallest absolute Gasteiger partial charge is 0.481 e. The van der Waals surface area contributed by atoms with Gasteiger partial charge in [0.25, 0.3) is 15.9 Å². The highest BCUT2D eigenvalue weighted by atomic mass is 32.2. The number of hydrogen-bond acceptors (Lipinski definition) is 12. The van der Waals surface area contributed by atoms with E-state index >= 15 is 0 Å². The van der Waals surface area contributed by atoms with E-state index in [9.17, 15) is 37.2 Å². The van der Waals surface area contributed by atoms with Crippen LogP contribution in [0.1, 0.15) is 149 Å². The summed E-state index contributed by atoms with van der Waals surface area (Å²) in [4.78, 5) is 82.9. The molecule has 76 heavy (non-hydrogen) atoms. The molecule has 0 radical (unpaired) electrons. The van der Waals surface area contributed by atoms with Gasteiger partial charge in [0, 0.05) is 74.7 Å². The van der Waals surface area contributed by atoms with Gasteiger partial charge in [-0.15, -0.1) is 0 Å². The van der Waals surface area contributed by atoms with Crippen molar-refractivity contribution in [2.45, 2.75) is 186 Å². The number of rotatable bonds is 22. The standard InChI is InChI=1S/C54H77BN8O12S/c1-30-31(2)48(32(3)38-28-53(5,6)73-47(30)38)76(71,72)62-52(56)58-24-10-12-39(61-44(65)21-22-45(66)67)50(69)57-23-9-8-14-43(64)59-29-34-15-17-35(18-16-34)49(68)60-33(4)51(70)63-25-11-13-42(63)55-74-40-20-19-36-26-37-27-41(75-55)46(40)54(36,37)7/h15-18,33,36-37,39-42,46H,8-14,19-29H2,1-7H3,(H,57,69)(H,59,64)(H,60,68)(H,61,65)(H,66,67)(H3,56,58,62)/t33-,36+,37+,39+,40-,41?,42+,46?,54?/m1/s1. The fourth-order valence-electron chi connectivity index (χ4n) is 13.1. The zero-order valence-corrected chi connectivity index (χ0v) is 45.9. The molecule has 5 amide bonds. The summed E-state index contributed by atoms with van der Waals surface area (Å²) in [6.07, 6.45) is 7.79. The van der Waals surface area contributed by atoms with Crippen LogP contribution in [0.2, 0.25) is 0 Å². The van der Waals surface area contributed by atoms with Crippen LogP contribution in [-0.4, -0.2) is 122 Å². The number of aliphatic carboxylic acids is 1. The molecule has 8 rings (SSSR count). The molecule has 2 aromatic carbocycles. The minimum atomic E-state index is -4.14. The number of nitrogens with one attached hydrogen (secondary N) is 5. The number of carbonyl (C=O) groups excluding carboxylic acids is 5. The number of carboxylic acids is 1. The first-order valence-electron chi connectivity index (χ1n) is 27.2. The number of sulfonamides is 1. The average Bonchev–Trinajstić information content (AvgIpc) is 4.20. The predicted molar refractivity (Wildman–Crippen MR) is 283 cm³/mol. The van der Waals surface area contributed by atoms with E-state index in [0.29, 0.717) is 65.5 Å². The summed E-state index contributed by atoms with van der Waals surface area (Å²) in [7, 11) is -4.59. The average molecular weight is 1070 g/mol. The number of carboxylic acid groups (broad SMARTS) is 1. The number of likely N-dealkylation sites (tertiary alicyclic amines) is 1. The summed E-state index contributed by atoms with van der Waals surface area (Å²) in [6, 6.07) is 5.01. The number of unbranched alkanes of at least 4 members (excludes halogenated alkanes) is 1. The second kappa shape index (κ2) is 23.1. The van der Waals surface area contributed by atoms with Gasteiger partial charge in [-0.05, 0) is 157 Å². The molecule has 5 fully saturated rings. The molecule has 3 aliphatic heterocycles. The van der Waals surface area contributed by atoms with Crippen LogP contribution in [0.5, 0.6) is 5.75 Å². The van der Waals surface area contributed by atoms with E-state index in [-0.39, 0.29) is 92.0 Å². The predicted octanol–water partition coefficient (Wildman–Crippen LogP) is 4.03. The number of carbonyl (C=O) groups is 6. The number of fused-ring (bicyclic) bond motifs is 1. The third-order valence-electron chi connectivity index (χ3n) is 17.2. The molecule has 0 bridgehead atoms. The van der Waals surface area contributed by atoms with Crippen molar-refractivity contribution >= 4 is 58.6 Å². The number of benzene rings is 2. The first kappa shape index (κ1) is 56.5. The van der Waals surface area contributed by atoms with E-state index in [4.69, 9.17) is 24.9 Å². The van der Waals surface area contributed by atoms with Gasteiger partial charge in [0.2, 0.25) is 29.6 Å². The summed E-state index contributed by atoms with van der Waals surface area (Å²) in [5.41, 5.74) is 9.71. The van der Waals surface area contributed by atoms with E-state index in [1.165, 1.54) is 12.8 Å². The summed E-state index contributed by atoms with van der Waals surface area (Å²) in [5.74, 6) is -0.967. The lowest BCUT2D eigenvalue weighted by Crippen LogP contribution is -2.63. The molecule has 0 aromatic heterocycles. The molecule has 3 saturated carbocycles. The molecule has 9 atom stereocenters. The van der Waals surface area contributed by atoms with Crippen LogP contribution in [0.4, 0.5) is 0 Å². The molecule has 3 unspecified atom stereocenters. The molecular weight excluding hydrogens is 996 g/mol. The number of nitrogens with two attached hydrogens (primary N) is 1. The van der Waals surface area contributed by atoms with Gasteiger partial charge in [0.1, 0.15) is 23.4 Å². The molecule has 6 aliphatic rings. The summed E-state index contributed by atoms with van der Waals surface area (Å²) >= 11 is 0. The molecule has 414 valence electrons. The first-order valence-corrected chi connectivity index (χ1v) is 28.7. The van der Waals surface area contributed by atoms with Crippen molar-refractivity contribution in [1.29, 1.82) is 0 Å². The number of hydrogen-bond donors (Lipinski definition) is 7. The Balaban J connectivity index is 0.736. The maximum Gasteiger partial charge on any atom is 0.481 e. The summed E-state index contributed by atoms with van der Waals surface area (Å²) in [6.45, 7) is 14.3. The third kappa shape index (κ3) is 12.2. The Morgan fingerprint density at radius 2 is 1.61 bits per heavy atom. The van der Waals surface area contributed by atoms with Gasteiger partial charge in [-0.25, -0.2) is 13.1 Å². The Kier molecular flexibility index (Phi) is 17.1. The Morgan fingerprint density at radius 1 is 0.868 bits per heavy atom. The second-order valence-corrected chi connectivity index (χ2v) is 24.4. The monoisotopic (exact) mass is 1070 g/mol. The van der Waals surface area contributed by atoms with Gasteiger partial charge < -0.3 is 51.1 Å². The van der Waals surface area contributed by atoms with E-state index in [1.54, 1.807) is 45.0 Å². The molecule has 3 aliphatic carbocycles. The minimum absolute atomic E-state index is 0.0103. The van der Waals surface area contributed by atoms with Crippen molar-refractivity contribution in [3.63, 3.8) is 0 Å². The number of amides is 5. The van der Waals surface area contributed by atoms with Crippen LogP contribution < -0.4 is 36.5 Å². The molecule has 20 nitrogen and oxygen atoms in total. The van der Waals surface area contributed by atoms with Crippen molar-refractivity contribution in [1.82, 2.24) is 30.9 Å². The van der Waals surface area contributed by atoms with Gasteiger partial charge >= 0.3 is 13.1 Å². The van der Waals surface area contributed by atoms with Crippen molar-refractivity contribution in [2.24, 2.45) is 33.9 Å². The van der Waals surface area contributed by atoms with Crippen LogP contribution >= 0.6 is 0 Å². The highest BCUT2D eigenvalue weighted by Gasteiger charge is 2.69. The summed E-state index contributed by atoms with van der Waals surface area (Å²) < 4.78 is 49.0. The Hall–Kier alpha value is -5.74. The number of aliphatic imine (C=N–C) groups is 1. The normalized spacial score (nSPS) is 25.8. The second-order valence-electron chi connectivity index (χ2n) is 22.8. The first-order chi connectivity index (χ1) is 36.0. The Labute approximate surface area is 446 Å². The minimum Gasteiger partial charge on any atom is -0.487 e. The van der Waals surface area contributed by atoms with Gasteiger partial charge in [-0.1, -0.05) is 19.1 Å². The van der Waals surface area contributed by atoms with Crippen LogP contribution in [-0.2, 0) is 56.3 Å². The van der Waals surface area contributed by atoms with E-state index < -0.39 is 59.0 Å². The van der Waals surface area contributed by atoms with Crippen LogP contribution in [0, 0.1) is 43.9 Å². The lowest BCUT2D eigenvalue weighted by molar-refractivity contribution is -0.157. The molecule has 3 heterocycles. The van der Waals surface area contributed by atoms with Crippen LogP contribution in [0.25, 0.3) is 0 Å². The number of guanidine groups is 1. The number of nitrogens with zero attached hydrogens (tertiary/aromatic N) is 2. The molecule has 2 aromatic rings. The zero-order chi connectivity index (χ0) is 54.9. The van der Waals surface area contributed by atoms with Gasteiger partial charge in [-0.3, -0.25) is 33.8 Å². The Morgan fingerprint density at radius 3 is 2.34 bits per heavy atom. The quantitative estimate of drug-likeness (QED) is 0.0380. The molecule has 22 heteroatoms. The van der Waals surface area contributed by atoms with E-state index in [1.807, 2.05) is 25.7 Å². The SMILES string of the molecule is Cc1c(C)c(S(=O)(=O)NC(N)=NCCC[C@H](NC(=O)CCC(=O)O)C(=O)NCCCCC(=O)NCc2ccc(C(=O)N[C@H](C)C(=O)N3CCC[C@H]3B3OC4C[C@@H]5C[C@@H]6CC[C@@H](O3)C4C56C)cc2)c(C)c2c1OC(C)(C)C2. The van der Waals surface area contributed by atoms with Gasteiger partial charge in [0.05, 0.1) is 17.3 Å². The fourth-order valence-corrected chi connectivity index (χ4v) is 14.6. The molecule has 8 N–H and O–H groups in total. The van der Waals surface area contributed by atoms with E-state index in [2.05, 4.69) is 37.9 Å². The maximum absolute atomic E-state index is 13.8. The van der Waals surface area contributed by atoms with Crippen LogP contribution in [0.15, 0.2) is 34.2 Å². The Bertz CT molecular complexity index is 2710. The van der Waals surface area contributed by atoms with Gasteiger partial charge in [0.15, 0.2) is 0 Å². The maximum atomic E-state index is 13.8. The zero-order valence-electron chi connectivity index (χ0n) is 45.1. The lowest BCUT2D eigenvalue weighted by Gasteiger charge is -2.60. The van der Waals surface area contributed by atoms with Crippen molar-refractivity contribution in [3.05, 3.63) is 57.6 Å². The van der Waals surface area contributed by atoms with Crippen molar-refractivity contribution in [3.8, 4) is 5.75 Å². The van der Waals surface area contributed by atoms with Crippen molar-refractivity contribution in [2.75, 3.05) is 19.6 Å². The van der Waals surface area contributed by atoms with E-state index in [0.717, 1.165) is 48.3 Å². The molecule has 2 saturated heterocycles. The molecule has 0 spiro atoms. The molecular formula is C54H77BN8O12S. The van der Waals surface area contributed by atoms with Crippen molar-refractivity contribution < 1.29 is 56.3 Å². The van der Waals surface area contributed by atoms with Crippen LogP contribution in [0.3, 0.4) is 0 Å². The summed E-state index contributed by atoms with van der Waals surface area (Å²) in [5, 5.41) is 20.2. The highest BCUT2D eigenvalue weighted by Crippen LogP contribution is 2.70. The largest absolute Gasteiger partial charge is 0.487 e. The highest BCUT2D eigenvalue weighted by molar-refractivity contribution is 7.90. The fraction of sp³-hybridized carbons (Fsp3) is 0.648. The lowest BCUT2D eigenvalue weighted by atomic mass is 9.47. The third-order valence-corrected chi connectivity index (χ3v) is 18.8. The number of ether oxygens (including phenoxy) is 1. The topological polar surface area (TPSA) is 286 Å².